The van der Waals surface area contributed by atoms with Crippen molar-refractivity contribution in [2.75, 3.05) is 0 Å². The fourth-order valence-corrected chi connectivity index (χ4v) is 1.61. The van der Waals surface area contributed by atoms with Gasteiger partial charge in [0.15, 0.2) is 5.78 Å². The normalized spacial score (nSPS) is 10.1. The second kappa shape index (κ2) is 5.80. The van der Waals surface area contributed by atoms with Gasteiger partial charge < -0.3 is 5.11 Å². The number of halogens is 1. The fourth-order valence-electron chi connectivity index (χ4n) is 1.36. The molecule has 4 heteroatoms. The van der Waals surface area contributed by atoms with Crippen LogP contribution in [0.4, 0.5) is 0 Å². The minimum absolute atomic E-state index is 0.00292. The number of benzene rings is 1. The molecule has 16 heavy (non-hydrogen) atoms. The number of hydrogen-bond acceptors (Lipinski definition) is 2. The first kappa shape index (κ1) is 12.9. The van der Waals surface area contributed by atoms with Crippen LogP contribution >= 0.6 is 15.9 Å². The Labute approximate surface area is 103 Å². The van der Waals surface area contributed by atoms with Crippen molar-refractivity contribution in [1.29, 1.82) is 0 Å². The molecule has 0 spiro atoms. The van der Waals surface area contributed by atoms with E-state index in [-0.39, 0.29) is 18.6 Å². The van der Waals surface area contributed by atoms with Crippen LogP contribution < -0.4 is 0 Å². The van der Waals surface area contributed by atoms with E-state index in [0.29, 0.717) is 12.0 Å². The van der Waals surface area contributed by atoms with Crippen molar-refractivity contribution < 1.29 is 14.7 Å². The SMILES string of the molecule is Cc1cc(C(=O)CCCC(=O)O)ccc1Br. The van der Waals surface area contributed by atoms with Gasteiger partial charge in [0.25, 0.3) is 0 Å². The third kappa shape index (κ3) is 3.77. The molecule has 86 valence electrons. The number of Topliss-reactive ketones (excluding diaryl/α,β-unsaturated/α-hetero) is 1. The number of carbonyl (C=O) groups is 2. The van der Waals surface area contributed by atoms with Crippen LogP contribution in [0.15, 0.2) is 22.7 Å². The smallest absolute Gasteiger partial charge is 0.303 e. The van der Waals surface area contributed by atoms with Crippen LogP contribution in [-0.4, -0.2) is 16.9 Å². The Morgan fingerprint density at radius 3 is 2.56 bits per heavy atom. The Morgan fingerprint density at radius 2 is 2.00 bits per heavy atom. The van der Waals surface area contributed by atoms with Gasteiger partial charge in [0.1, 0.15) is 0 Å². The molecule has 1 N–H and O–H groups in total. The van der Waals surface area contributed by atoms with Crippen LogP contribution in [0.2, 0.25) is 0 Å². The van der Waals surface area contributed by atoms with Crippen molar-refractivity contribution in [3.63, 3.8) is 0 Å². The molecule has 0 atom stereocenters. The highest BCUT2D eigenvalue weighted by Gasteiger charge is 2.08. The molecule has 0 aromatic heterocycles. The lowest BCUT2D eigenvalue weighted by molar-refractivity contribution is -0.137. The maximum Gasteiger partial charge on any atom is 0.303 e. The lowest BCUT2D eigenvalue weighted by Gasteiger charge is -2.03. The highest BCUT2D eigenvalue weighted by Crippen LogP contribution is 2.18. The molecular formula is C12H13BrO3. The van der Waals surface area contributed by atoms with E-state index >= 15 is 0 Å². The summed E-state index contributed by atoms with van der Waals surface area (Å²) in [6.07, 6.45) is 0.720. The molecule has 1 aromatic rings. The van der Waals surface area contributed by atoms with Crippen LogP contribution in [0.25, 0.3) is 0 Å². The van der Waals surface area contributed by atoms with E-state index in [9.17, 15) is 9.59 Å². The Morgan fingerprint density at radius 1 is 1.31 bits per heavy atom. The van der Waals surface area contributed by atoms with Crippen molar-refractivity contribution >= 4 is 27.7 Å². The summed E-state index contributed by atoms with van der Waals surface area (Å²) >= 11 is 3.36. The second-order valence-electron chi connectivity index (χ2n) is 3.63. The number of ketones is 1. The third-order valence-corrected chi connectivity index (χ3v) is 3.16. The van der Waals surface area contributed by atoms with Crippen molar-refractivity contribution in [2.24, 2.45) is 0 Å². The highest BCUT2D eigenvalue weighted by molar-refractivity contribution is 9.10. The van der Waals surface area contributed by atoms with Crippen LogP contribution in [0.5, 0.6) is 0 Å². The van der Waals surface area contributed by atoms with E-state index in [2.05, 4.69) is 15.9 Å². The maximum absolute atomic E-state index is 11.7. The van der Waals surface area contributed by atoms with Crippen LogP contribution in [0.3, 0.4) is 0 Å². The van der Waals surface area contributed by atoms with Gasteiger partial charge in [-0.25, -0.2) is 0 Å². The zero-order chi connectivity index (χ0) is 12.1. The molecule has 0 aliphatic heterocycles. The van der Waals surface area contributed by atoms with Gasteiger partial charge in [0.2, 0.25) is 0 Å². The average molecular weight is 285 g/mol. The van der Waals surface area contributed by atoms with Crippen LogP contribution in [-0.2, 0) is 4.79 Å². The molecule has 3 nitrogen and oxygen atoms in total. The van der Waals surface area contributed by atoms with Crippen molar-refractivity contribution in [3.8, 4) is 0 Å². The van der Waals surface area contributed by atoms with Crippen molar-refractivity contribution in [1.82, 2.24) is 0 Å². The van der Waals surface area contributed by atoms with Gasteiger partial charge in [-0.2, -0.15) is 0 Å². The van der Waals surface area contributed by atoms with Crippen LogP contribution in [0.1, 0.15) is 35.2 Å². The summed E-state index contributed by atoms with van der Waals surface area (Å²) in [5.74, 6) is -0.864. The van der Waals surface area contributed by atoms with Gasteiger partial charge in [0, 0.05) is 22.9 Å². The quantitative estimate of drug-likeness (QED) is 0.845. The van der Waals surface area contributed by atoms with Gasteiger partial charge in [-0.05, 0) is 31.0 Å². The first-order chi connectivity index (χ1) is 7.50. The predicted molar refractivity (Wildman–Crippen MR) is 64.7 cm³/mol. The van der Waals surface area contributed by atoms with Crippen LogP contribution in [0, 0.1) is 6.92 Å². The largest absolute Gasteiger partial charge is 0.481 e. The number of aryl methyl sites for hydroxylation is 1. The van der Waals surface area contributed by atoms with E-state index in [0.717, 1.165) is 10.0 Å². The van der Waals surface area contributed by atoms with Gasteiger partial charge in [-0.3, -0.25) is 9.59 Å². The van der Waals surface area contributed by atoms with Crippen molar-refractivity contribution in [2.45, 2.75) is 26.2 Å². The molecule has 0 radical (unpaired) electrons. The summed E-state index contributed by atoms with van der Waals surface area (Å²) in [5.41, 5.74) is 1.65. The molecule has 0 saturated carbocycles. The molecule has 0 unspecified atom stereocenters. The third-order valence-electron chi connectivity index (χ3n) is 2.27. The molecular weight excluding hydrogens is 272 g/mol. The summed E-state index contributed by atoms with van der Waals surface area (Å²) in [4.78, 5) is 22.0. The van der Waals surface area contributed by atoms with E-state index in [4.69, 9.17) is 5.11 Å². The summed E-state index contributed by atoms with van der Waals surface area (Å²) in [6, 6.07) is 5.40. The highest BCUT2D eigenvalue weighted by atomic mass is 79.9. The second-order valence-corrected chi connectivity index (χ2v) is 4.49. The molecule has 1 rings (SSSR count). The Bertz CT molecular complexity index is 413. The average Bonchev–Trinajstić information content (AvgIpc) is 2.21. The monoisotopic (exact) mass is 284 g/mol. The number of carboxylic acids is 1. The molecule has 0 bridgehead atoms. The van der Waals surface area contributed by atoms with E-state index in [1.807, 2.05) is 19.1 Å². The summed E-state index contributed by atoms with van der Waals surface area (Å²) in [5, 5.41) is 8.46. The number of hydrogen-bond donors (Lipinski definition) is 1. The standard InChI is InChI=1S/C12H13BrO3/c1-8-7-9(5-6-10(8)13)11(14)3-2-4-12(15)16/h5-7H,2-4H2,1H3,(H,15,16). The summed E-state index contributed by atoms with van der Waals surface area (Å²) in [6.45, 7) is 1.91. The Kier molecular flexibility index (Phi) is 4.68. The first-order valence-corrected chi connectivity index (χ1v) is 5.81. The van der Waals surface area contributed by atoms with E-state index in [1.165, 1.54) is 0 Å². The van der Waals surface area contributed by atoms with Gasteiger partial charge in [-0.1, -0.05) is 22.0 Å². The molecule has 0 saturated heterocycles. The number of rotatable bonds is 5. The topological polar surface area (TPSA) is 54.4 Å². The number of aliphatic carboxylic acids is 1. The van der Waals surface area contributed by atoms with Crippen molar-refractivity contribution in [3.05, 3.63) is 33.8 Å². The minimum Gasteiger partial charge on any atom is -0.481 e. The van der Waals surface area contributed by atoms with Gasteiger partial charge in [0.05, 0.1) is 0 Å². The van der Waals surface area contributed by atoms with E-state index < -0.39 is 5.97 Å². The van der Waals surface area contributed by atoms with E-state index in [1.54, 1.807) is 6.07 Å². The Balaban J connectivity index is 2.59. The fraction of sp³-hybridized carbons (Fsp3) is 0.333. The molecule has 0 heterocycles. The molecule has 0 fully saturated rings. The minimum atomic E-state index is -0.861. The summed E-state index contributed by atoms with van der Waals surface area (Å²) < 4.78 is 0.967. The molecule has 0 aliphatic rings. The molecule has 0 aliphatic carbocycles. The summed E-state index contributed by atoms with van der Waals surface area (Å²) in [7, 11) is 0. The van der Waals surface area contributed by atoms with Gasteiger partial charge >= 0.3 is 5.97 Å². The number of carboxylic acid groups (broad SMARTS) is 1. The Hall–Kier alpha value is -1.16. The zero-order valence-electron chi connectivity index (χ0n) is 9.00. The lowest BCUT2D eigenvalue weighted by atomic mass is 10.0. The zero-order valence-corrected chi connectivity index (χ0v) is 10.6. The maximum atomic E-state index is 11.7. The van der Waals surface area contributed by atoms with Gasteiger partial charge in [-0.15, -0.1) is 0 Å². The predicted octanol–water partition coefficient (Wildman–Crippen LogP) is 3.20. The number of carbonyl (C=O) groups excluding carboxylic acids is 1. The lowest BCUT2D eigenvalue weighted by Crippen LogP contribution is -2.02. The molecule has 1 aromatic carbocycles. The first-order valence-electron chi connectivity index (χ1n) is 5.02. The molecule has 0 amide bonds.